The summed E-state index contributed by atoms with van der Waals surface area (Å²) in [5.74, 6) is 0. The van der Waals surface area contributed by atoms with E-state index < -0.39 is 0 Å². The summed E-state index contributed by atoms with van der Waals surface area (Å²) in [6, 6.07) is 5.00. The number of pyridine rings is 1. The lowest BCUT2D eigenvalue weighted by molar-refractivity contribution is 0.205. The van der Waals surface area contributed by atoms with Crippen LogP contribution in [0.4, 0.5) is 5.69 Å². The zero-order valence-electron chi connectivity index (χ0n) is 13.1. The molecule has 4 nitrogen and oxygen atoms in total. The Morgan fingerprint density at radius 3 is 2.75 bits per heavy atom. The zero-order valence-corrected chi connectivity index (χ0v) is 13.1. The standard InChI is InChI=1S/C16H27N3O/c1-16(2,3)18-12-13-11-15(7-8-17-13)19(9-10-20-4)14-5-6-14/h7-8,11,14,18H,5-6,9-10,12H2,1-4H3. The van der Waals surface area contributed by atoms with Crippen molar-refractivity contribution in [1.29, 1.82) is 0 Å². The molecular weight excluding hydrogens is 250 g/mol. The first-order valence-corrected chi connectivity index (χ1v) is 7.45. The van der Waals surface area contributed by atoms with E-state index in [1.165, 1.54) is 18.5 Å². The molecule has 0 unspecified atom stereocenters. The quantitative estimate of drug-likeness (QED) is 0.831. The maximum Gasteiger partial charge on any atom is 0.0637 e. The van der Waals surface area contributed by atoms with Crippen LogP contribution in [0, 0.1) is 0 Å². The number of nitrogens with zero attached hydrogens (tertiary/aromatic N) is 2. The topological polar surface area (TPSA) is 37.4 Å². The zero-order chi connectivity index (χ0) is 14.6. The minimum Gasteiger partial charge on any atom is -0.383 e. The monoisotopic (exact) mass is 277 g/mol. The van der Waals surface area contributed by atoms with Crippen LogP contribution in [0.25, 0.3) is 0 Å². The second-order valence-corrected chi connectivity index (χ2v) is 6.53. The molecule has 1 aliphatic carbocycles. The van der Waals surface area contributed by atoms with E-state index >= 15 is 0 Å². The van der Waals surface area contributed by atoms with Crippen LogP contribution in [0.1, 0.15) is 39.3 Å². The van der Waals surface area contributed by atoms with E-state index in [9.17, 15) is 0 Å². The van der Waals surface area contributed by atoms with E-state index in [1.807, 2.05) is 6.20 Å². The maximum atomic E-state index is 5.22. The first-order chi connectivity index (χ1) is 9.49. The van der Waals surface area contributed by atoms with Gasteiger partial charge in [0, 0.05) is 43.7 Å². The summed E-state index contributed by atoms with van der Waals surface area (Å²) in [4.78, 5) is 6.91. The predicted octanol–water partition coefficient (Wildman–Crippen LogP) is 2.58. The molecule has 1 aliphatic rings. The van der Waals surface area contributed by atoms with Gasteiger partial charge in [-0.15, -0.1) is 0 Å². The SMILES string of the molecule is COCCN(c1ccnc(CNC(C)(C)C)c1)C1CC1. The van der Waals surface area contributed by atoms with Crippen LogP contribution in [-0.4, -0.2) is 36.8 Å². The average molecular weight is 277 g/mol. The Kier molecular flexibility index (Phi) is 5.00. The Bertz CT molecular complexity index is 424. The number of hydrogen-bond donors (Lipinski definition) is 1. The predicted molar refractivity (Wildman–Crippen MR) is 83.1 cm³/mol. The second kappa shape index (κ2) is 6.55. The maximum absolute atomic E-state index is 5.22. The van der Waals surface area contributed by atoms with Crippen molar-refractivity contribution < 1.29 is 4.74 Å². The van der Waals surface area contributed by atoms with Crippen LogP contribution in [0.2, 0.25) is 0 Å². The summed E-state index contributed by atoms with van der Waals surface area (Å²) in [5.41, 5.74) is 2.48. The van der Waals surface area contributed by atoms with Gasteiger partial charge >= 0.3 is 0 Å². The molecule has 0 amide bonds. The van der Waals surface area contributed by atoms with Gasteiger partial charge in [-0.05, 0) is 45.7 Å². The van der Waals surface area contributed by atoms with Crippen molar-refractivity contribution in [3.63, 3.8) is 0 Å². The molecule has 0 saturated heterocycles. The fourth-order valence-electron chi connectivity index (χ4n) is 2.19. The fraction of sp³-hybridized carbons (Fsp3) is 0.688. The highest BCUT2D eigenvalue weighted by Crippen LogP contribution is 2.31. The van der Waals surface area contributed by atoms with Gasteiger partial charge < -0.3 is 15.0 Å². The normalized spacial score (nSPS) is 15.4. The van der Waals surface area contributed by atoms with Gasteiger partial charge in [0.25, 0.3) is 0 Å². The van der Waals surface area contributed by atoms with Gasteiger partial charge in [0.1, 0.15) is 0 Å². The van der Waals surface area contributed by atoms with Gasteiger partial charge in [0.05, 0.1) is 12.3 Å². The number of nitrogens with one attached hydrogen (secondary N) is 1. The summed E-state index contributed by atoms with van der Waals surface area (Å²) >= 11 is 0. The van der Waals surface area contributed by atoms with Crippen LogP contribution in [0.15, 0.2) is 18.3 Å². The molecule has 0 aromatic carbocycles. The number of methoxy groups -OCH3 is 1. The first-order valence-electron chi connectivity index (χ1n) is 7.45. The molecule has 0 atom stereocenters. The Balaban J connectivity index is 2.03. The number of hydrogen-bond acceptors (Lipinski definition) is 4. The number of anilines is 1. The minimum absolute atomic E-state index is 0.115. The highest BCUT2D eigenvalue weighted by atomic mass is 16.5. The molecular formula is C16H27N3O. The van der Waals surface area contributed by atoms with Crippen molar-refractivity contribution in [1.82, 2.24) is 10.3 Å². The third kappa shape index (κ3) is 4.76. The third-order valence-electron chi connectivity index (χ3n) is 3.46. The lowest BCUT2D eigenvalue weighted by atomic mass is 10.1. The molecule has 0 spiro atoms. The molecule has 4 heteroatoms. The molecule has 0 aliphatic heterocycles. The van der Waals surface area contributed by atoms with Crippen LogP contribution in [0.3, 0.4) is 0 Å². The van der Waals surface area contributed by atoms with Crippen molar-refractivity contribution in [2.75, 3.05) is 25.2 Å². The van der Waals surface area contributed by atoms with Crippen LogP contribution >= 0.6 is 0 Å². The Morgan fingerprint density at radius 1 is 1.40 bits per heavy atom. The molecule has 1 saturated carbocycles. The van der Waals surface area contributed by atoms with Crippen molar-refractivity contribution in [2.45, 2.75) is 51.7 Å². The summed E-state index contributed by atoms with van der Waals surface area (Å²) in [6.45, 7) is 9.05. The lowest BCUT2D eigenvalue weighted by Crippen LogP contribution is -2.35. The van der Waals surface area contributed by atoms with Crippen molar-refractivity contribution in [3.8, 4) is 0 Å². The average Bonchev–Trinajstić information content (AvgIpc) is 3.21. The van der Waals surface area contributed by atoms with E-state index in [2.05, 4.69) is 48.1 Å². The summed E-state index contributed by atoms with van der Waals surface area (Å²) in [7, 11) is 1.76. The third-order valence-corrected chi connectivity index (χ3v) is 3.46. The molecule has 0 bridgehead atoms. The van der Waals surface area contributed by atoms with Gasteiger partial charge in [-0.25, -0.2) is 0 Å². The van der Waals surface area contributed by atoms with Gasteiger partial charge in [-0.3, -0.25) is 4.98 Å². The Labute approximate surface area is 122 Å². The number of rotatable bonds is 7. The van der Waals surface area contributed by atoms with Gasteiger partial charge in [0.2, 0.25) is 0 Å². The molecule has 1 heterocycles. The Hall–Kier alpha value is -1.13. The van der Waals surface area contributed by atoms with Crippen LogP contribution < -0.4 is 10.2 Å². The summed E-state index contributed by atoms with van der Waals surface area (Å²) in [5, 5.41) is 3.49. The lowest BCUT2D eigenvalue weighted by Gasteiger charge is -2.25. The van der Waals surface area contributed by atoms with Crippen molar-refractivity contribution in [3.05, 3.63) is 24.0 Å². The van der Waals surface area contributed by atoms with Gasteiger partial charge in [-0.2, -0.15) is 0 Å². The van der Waals surface area contributed by atoms with Crippen molar-refractivity contribution >= 4 is 5.69 Å². The first kappa shape index (κ1) is 15.3. The summed E-state index contributed by atoms with van der Waals surface area (Å²) in [6.07, 6.45) is 4.50. The van der Waals surface area contributed by atoms with Crippen LogP contribution in [0.5, 0.6) is 0 Å². The molecule has 112 valence electrons. The highest BCUT2D eigenvalue weighted by Gasteiger charge is 2.29. The van der Waals surface area contributed by atoms with E-state index in [4.69, 9.17) is 4.74 Å². The largest absolute Gasteiger partial charge is 0.383 e. The fourth-order valence-corrected chi connectivity index (χ4v) is 2.19. The van der Waals surface area contributed by atoms with E-state index in [0.717, 1.165) is 25.4 Å². The minimum atomic E-state index is 0.115. The molecule has 1 N–H and O–H groups in total. The van der Waals surface area contributed by atoms with E-state index in [-0.39, 0.29) is 5.54 Å². The number of aromatic nitrogens is 1. The molecule has 1 aromatic rings. The molecule has 20 heavy (non-hydrogen) atoms. The highest BCUT2D eigenvalue weighted by molar-refractivity contribution is 5.48. The molecule has 1 aromatic heterocycles. The van der Waals surface area contributed by atoms with E-state index in [1.54, 1.807) is 7.11 Å². The van der Waals surface area contributed by atoms with E-state index in [0.29, 0.717) is 6.04 Å². The van der Waals surface area contributed by atoms with Gasteiger partial charge in [0.15, 0.2) is 0 Å². The smallest absolute Gasteiger partial charge is 0.0637 e. The summed E-state index contributed by atoms with van der Waals surface area (Å²) < 4.78 is 5.22. The van der Waals surface area contributed by atoms with Crippen LogP contribution in [-0.2, 0) is 11.3 Å². The second-order valence-electron chi connectivity index (χ2n) is 6.53. The van der Waals surface area contributed by atoms with Gasteiger partial charge in [-0.1, -0.05) is 0 Å². The molecule has 2 rings (SSSR count). The van der Waals surface area contributed by atoms with Crippen molar-refractivity contribution in [2.24, 2.45) is 0 Å². The molecule has 0 radical (unpaired) electrons. The number of ether oxygens (including phenoxy) is 1. The Morgan fingerprint density at radius 2 is 2.15 bits per heavy atom. The molecule has 1 fully saturated rings.